The first-order chi connectivity index (χ1) is 10.3. The lowest BCUT2D eigenvalue weighted by Crippen LogP contribution is -2.35. The second kappa shape index (κ2) is 6.18. The molecule has 5 heteroatoms. The van der Waals surface area contributed by atoms with Crippen LogP contribution in [0.25, 0.3) is 0 Å². The highest BCUT2D eigenvalue weighted by Crippen LogP contribution is 2.16. The molecule has 0 aliphatic carbocycles. The van der Waals surface area contributed by atoms with Gasteiger partial charge in [-0.3, -0.25) is 14.7 Å². The molecule has 0 bridgehead atoms. The molecular weight excluding hydrogens is 264 g/mol. The Morgan fingerprint density at radius 1 is 1.33 bits per heavy atom. The number of nitrogens with one attached hydrogen (secondary N) is 1. The van der Waals surface area contributed by atoms with Crippen molar-refractivity contribution in [3.8, 4) is 0 Å². The van der Waals surface area contributed by atoms with Crippen LogP contribution >= 0.6 is 0 Å². The third-order valence-corrected chi connectivity index (χ3v) is 3.84. The van der Waals surface area contributed by atoms with E-state index in [0.717, 1.165) is 56.0 Å². The van der Waals surface area contributed by atoms with E-state index in [4.69, 9.17) is 0 Å². The molecular formula is C16H20N4O. The van der Waals surface area contributed by atoms with Crippen LogP contribution in [-0.4, -0.2) is 26.4 Å². The Bertz CT molecular complexity index is 666. The van der Waals surface area contributed by atoms with E-state index in [2.05, 4.69) is 26.8 Å². The minimum Gasteiger partial charge on any atom is -0.310 e. The number of rotatable bonds is 4. The van der Waals surface area contributed by atoms with Crippen molar-refractivity contribution in [1.82, 2.24) is 19.9 Å². The van der Waals surface area contributed by atoms with E-state index in [1.807, 2.05) is 24.5 Å². The van der Waals surface area contributed by atoms with Gasteiger partial charge in [-0.2, -0.15) is 0 Å². The molecule has 21 heavy (non-hydrogen) atoms. The Morgan fingerprint density at radius 3 is 2.90 bits per heavy atom. The van der Waals surface area contributed by atoms with E-state index in [9.17, 15) is 4.79 Å². The van der Waals surface area contributed by atoms with E-state index in [0.29, 0.717) is 0 Å². The Balaban J connectivity index is 1.79. The van der Waals surface area contributed by atoms with Crippen LogP contribution in [0.1, 0.15) is 36.0 Å². The summed E-state index contributed by atoms with van der Waals surface area (Å²) in [4.78, 5) is 26.0. The molecule has 0 unspecified atom stereocenters. The molecule has 0 aromatic carbocycles. The average Bonchev–Trinajstić information content (AvgIpc) is 2.48. The van der Waals surface area contributed by atoms with E-state index in [1.165, 1.54) is 5.56 Å². The summed E-state index contributed by atoms with van der Waals surface area (Å²) < 4.78 is 0. The number of H-pyrrole nitrogens is 1. The number of hydrogen-bond acceptors (Lipinski definition) is 4. The van der Waals surface area contributed by atoms with Crippen LogP contribution in [0.2, 0.25) is 0 Å². The van der Waals surface area contributed by atoms with Crippen LogP contribution < -0.4 is 5.56 Å². The minimum absolute atomic E-state index is 0.0482. The molecule has 0 saturated carbocycles. The fraction of sp³-hybridized carbons (Fsp3) is 0.438. The number of aromatic amines is 1. The number of hydrogen-bond donors (Lipinski definition) is 1. The molecule has 0 fully saturated rings. The van der Waals surface area contributed by atoms with E-state index >= 15 is 0 Å². The SMILES string of the molecule is CCCc1nc2c(c(=O)[nH]1)CCN(Cc1ccncc1)C2. The molecule has 2 aromatic heterocycles. The van der Waals surface area contributed by atoms with Gasteiger partial charge in [0.05, 0.1) is 5.69 Å². The molecule has 1 N–H and O–H groups in total. The molecule has 110 valence electrons. The van der Waals surface area contributed by atoms with Gasteiger partial charge in [0.25, 0.3) is 5.56 Å². The second-order valence-electron chi connectivity index (χ2n) is 5.50. The number of pyridine rings is 1. The van der Waals surface area contributed by atoms with Crippen LogP contribution in [0.3, 0.4) is 0 Å². The van der Waals surface area contributed by atoms with Gasteiger partial charge in [0.1, 0.15) is 5.82 Å². The zero-order valence-corrected chi connectivity index (χ0v) is 12.3. The van der Waals surface area contributed by atoms with Gasteiger partial charge in [0.2, 0.25) is 0 Å². The van der Waals surface area contributed by atoms with Gasteiger partial charge in [0, 0.05) is 44.0 Å². The molecule has 5 nitrogen and oxygen atoms in total. The van der Waals surface area contributed by atoms with Gasteiger partial charge < -0.3 is 4.98 Å². The molecule has 0 amide bonds. The highest BCUT2D eigenvalue weighted by atomic mass is 16.1. The maximum Gasteiger partial charge on any atom is 0.254 e. The van der Waals surface area contributed by atoms with Crippen LogP contribution in [0.15, 0.2) is 29.3 Å². The van der Waals surface area contributed by atoms with Crippen LogP contribution in [0.5, 0.6) is 0 Å². The Hall–Kier alpha value is -2.01. The van der Waals surface area contributed by atoms with Gasteiger partial charge in [-0.25, -0.2) is 4.98 Å². The smallest absolute Gasteiger partial charge is 0.254 e. The summed E-state index contributed by atoms with van der Waals surface area (Å²) in [6.45, 7) is 4.61. The highest BCUT2D eigenvalue weighted by molar-refractivity contribution is 5.21. The Kier molecular flexibility index (Phi) is 4.10. The summed E-state index contributed by atoms with van der Waals surface area (Å²) in [7, 11) is 0. The standard InChI is InChI=1S/C16H20N4O/c1-2-3-15-18-14-11-20(9-6-13(14)16(21)19-15)10-12-4-7-17-8-5-12/h4-5,7-8H,2-3,6,9-11H2,1H3,(H,18,19,21). The van der Waals surface area contributed by atoms with Gasteiger partial charge in [-0.15, -0.1) is 0 Å². The lowest BCUT2D eigenvalue weighted by molar-refractivity contribution is 0.240. The monoisotopic (exact) mass is 284 g/mol. The van der Waals surface area contributed by atoms with E-state index in [-0.39, 0.29) is 5.56 Å². The molecule has 1 aliphatic rings. The van der Waals surface area contributed by atoms with Crippen molar-refractivity contribution in [2.75, 3.05) is 6.54 Å². The third-order valence-electron chi connectivity index (χ3n) is 3.84. The van der Waals surface area contributed by atoms with E-state index in [1.54, 1.807) is 0 Å². The van der Waals surface area contributed by atoms with Crippen molar-refractivity contribution >= 4 is 0 Å². The van der Waals surface area contributed by atoms with Crippen molar-refractivity contribution in [3.63, 3.8) is 0 Å². The molecule has 2 aromatic rings. The number of fused-ring (bicyclic) bond motifs is 1. The first kappa shape index (κ1) is 13.9. The highest BCUT2D eigenvalue weighted by Gasteiger charge is 2.20. The van der Waals surface area contributed by atoms with Crippen molar-refractivity contribution in [1.29, 1.82) is 0 Å². The lowest BCUT2D eigenvalue weighted by Gasteiger charge is -2.27. The average molecular weight is 284 g/mol. The third kappa shape index (κ3) is 3.19. The summed E-state index contributed by atoms with van der Waals surface area (Å²) in [6.07, 6.45) is 6.22. The largest absolute Gasteiger partial charge is 0.310 e. The van der Waals surface area contributed by atoms with Crippen LogP contribution in [0, 0.1) is 0 Å². The van der Waals surface area contributed by atoms with Crippen molar-refractivity contribution in [2.45, 2.75) is 39.3 Å². The molecule has 0 spiro atoms. The first-order valence-corrected chi connectivity index (χ1v) is 7.48. The van der Waals surface area contributed by atoms with Crippen LogP contribution in [0.4, 0.5) is 0 Å². The van der Waals surface area contributed by atoms with Gasteiger partial charge in [-0.05, 0) is 30.5 Å². The summed E-state index contributed by atoms with van der Waals surface area (Å²) >= 11 is 0. The predicted molar refractivity (Wildman–Crippen MR) is 80.9 cm³/mol. The Morgan fingerprint density at radius 2 is 2.14 bits per heavy atom. The maximum absolute atomic E-state index is 12.1. The Labute approximate surface area is 124 Å². The maximum atomic E-state index is 12.1. The van der Waals surface area contributed by atoms with Crippen molar-refractivity contribution in [2.24, 2.45) is 0 Å². The van der Waals surface area contributed by atoms with Crippen LogP contribution in [-0.2, 0) is 25.9 Å². The summed E-state index contributed by atoms with van der Waals surface area (Å²) in [6, 6.07) is 4.06. The number of aromatic nitrogens is 3. The van der Waals surface area contributed by atoms with E-state index < -0.39 is 0 Å². The fourth-order valence-corrected chi connectivity index (χ4v) is 2.78. The second-order valence-corrected chi connectivity index (χ2v) is 5.50. The molecule has 0 radical (unpaired) electrons. The van der Waals surface area contributed by atoms with Gasteiger partial charge in [-0.1, -0.05) is 6.92 Å². The first-order valence-electron chi connectivity index (χ1n) is 7.48. The number of nitrogens with zero attached hydrogens (tertiary/aromatic N) is 3. The minimum atomic E-state index is 0.0482. The van der Waals surface area contributed by atoms with Crippen molar-refractivity contribution < 1.29 is 0 Å². The molecule has 0 saturated heterocycles. The topological polar surface area (TPSA) is 61.9 Å². The zero-order valence-electron chi connectivity index (χ0n) is 12.3. The van der Waals surface area contributed by atoms with Gasteiger partial charge in [0.15, 0.2) is 0 Å². The normalized spacial score (nSPS) is 14.9. The molecule has 0 atom stereocenters. The number of aryl methyl sites for hydroxylation is 1. The molecule has 3 heterocycles. The summed E-state index contributed by atoms with van der Waals surface area (Å²) in [5, 5.41) is 0. The molecule has 3 rings (SSSR count). The quantitative estimate of drug-likeness (QED) is 0.928. The van der Waals surface area contributed by atoms with Crippen molar-refractivity contribution in [3.05, 3.63) is 57.5 Å². The lowest BCUT2D eigenvalue weighted by atomic mass is 10.1. The summed E-state index contributed by atoms with van der Waals surface area (Å²) in [5.41, 5.74) is 3.10. The predicted octanol–water partition coefficient (Wildman–Crippen LogP) is 1.68. The zero-order chi connectivity index (χ0) is 14.7. The molecule has 1 aliphatic heterocycles. The fourth-order valence-electron chi connectivity index (χ4n) is 2.78. The van der Waals surface area contributed by atoms with Gasteiger partial charge >= 0.3 is 0 Å². The summed E-state index contributed by atoms with van der Waals surface area (Å²) in [5.74, 6) is 0.812.